The second-order valence-corrected chi connectivity index (χ2v) is 11.8. The van der Waals surface area contributed by atoms with Crippen LogP contribution in [0, 0.1) is 13.8 Å². The molecule has 0 aliphatic rings. The van der Waals surface area contributed by atoms with E-state index in [9.17, 15) is 4.79 Å². The van der Waals surface area contributed by atoms with E-state index in [1.165, 1.54) is 0 Å². The van der Waals surface area contributed by atoms with Gasteiger partial charge < -0.3 is 9.16 Å². The zero-order chi connectivity index (χ0) is 18.1. The summed E-state index contributed by atoms with van der Waals surface area (Å²) in [4.78, 5) is 12.9. The number of methoxy groups -OCH3 is 1. The number of benzene rings is 2. The molecule has 0 fully saturated rings. The predicted octanol–water partition coefficient (Wildman–Crippen LogP) is 3.55. The van der Waals surface area contributed by atoms with Crippen LogP contribution in [0.3, 0.4) is 0 Å². The van der Waals surface area contributed by atoms with Gasteiger partial charge in [0.1, 0.15) is 11.5 Å². The van der Waals surface area contributed by atoms with Crippen molar-refractivity contribution >= 4 is 29.5 Å². The zero-order valence-corrected chi connectivity index (χ0v) is 17.1. The van der Waals surface area contributed by atoms with E-state index in [-0.39, 0.29) is 5.78 Å². The Bertz CT molecular complexity index is 760. The van der Waals surface area contributed by atoms with Gasteiger partial charge in [0, 0.05) is 11.1 Å². The number of rotatable bonds is 5. The first-order valence-electron chi connectivity index (χ1n) is 7.87. The summed E-state index contributed by atoms with van der Waals surface area (Å²) in [5, 5.41) is 0.787. The Morgan fingerprint density at radius 2 is 1.67 bits per heavy atom. The Morgan fingerprint density at radius 3 is 2.17 bits per heavy atom. The minimum Gasteiger partial charge on any atom is -0.544 e. The highest BCUT2D eigenvalue weighted by Gasteiger charge is 2.22. The van der Waals surface area contributed by atoms with E-state index in [0.29, 0.717) is 11.1 Å². The summed E-state index contributed by atoms with van der Waals surface area (Å²) in [7, 11) is 3.53. The second kappa shape index (κ2) is 6.95. The fourth-order valence-corrected chi connectivity index (χ4v) is 3.73. The number of hydrogen-bond donors (Lipinski definition) is 0. The molecule has 0 aliphatic carbocycles. The molecule has 0 N–H and O–H groups in total. The Morgan fingerprint density at radius 1 is 1.08 bits per heavy atom. The largest absolute Gasteiger partial charge is 0.544 e. The van der Waals surface area contributed by atoms with Gasteiger partial charge >= 0.3 is 0 Å². The van der Waals surface area contributed by atoms with Crippen molar-refractivity contribution < 1.29 is 14.0 Å². The minimum absolute atomic E-state index is 0.0200. The number of carbonyl (C=O) groups is 1. The molecular formula is C19H23O3Si2. The molecule has 5 heteroatoms. The van der Waals surface area contributed by atoms with Gasteiger partial charge in [0.2, 0.25) is 8.32 Å². The van der Waals surface area contributed by atoms with E-state index < -0.39 is 8.32 Å². The number of ketones is 1. The average molecular weight is 356 g/mol. The van der Waals surface area contributed by atoms with Crippen molar-refractivity contribution in [3.8, 4) is 11.5 Å². The topological polar surface area (TPSA) is 35.5 Å². The molecule has 0 bridgehead atoms. The van der Waals surface area contributed by atoms with Gasteiger partial charge in [-0.1, -0.05) is 0 Å². The molecule has 0 unspecified atom stereocenters. The lowest BCUT2D eigenvalue weighted by atomic mass is 9.98. The zero-order valence-electron chi connectivity index (χ0n) is 15.1. The highest BCUT2D eigenvalue weighted by atomic mass is 28.4. The molecule has 2 aromatic rings. The molecule has 3 nitrogen and oxygen atoms in total. The first-order chi connectivity index (χ1) is 11.1. The van der Waals surface area contributed by atoms with Crippen LogP contribution in [0.15, 0.2) is 30.3 Å². The fraction of sp³-hybridized carbons (Fsp3) is 0.316. The number of carbonyl (C=O) groups excluding carboxylic acids is 1. The molecule has 0 heterocycles. The third-order valence-corrected chi connectivity index (χ3v) is 5.17. The van der Waals surface area contributed by atoms with Gasteiger partial charge in [0.25, 0.3) is 0 Å². The smallest absolute Gasteiger partial charge is 0.242 e. The monoisotopic (exact) mass is 355 g/mol. The van der Waals surface area contributed by atoms with Gasteiger partial charge in [0.15, 0.2) is 5.78 Å². The Balaban J connectivity index is 2.45. The highest BCUT2D eigenvalue weighted by Crippen LogP contribution is 2.27. The summed E-state index contributed by atoms with van der Waals surface area (Å²) in [6, 6.07) is 9.05. The van der Waals surface area contributed by atoms with Crippen LogP contribution in [-0.2, 0) is 0 Å². The van der Waals surface area contributed by atoms with Crippen molar-refractivity contribution in [2.45, 2.75) is 33.5 Å². The van der Waals surface area contributed by atoms with E-state index in [1.54, 1.807) is 31.4 Å². The Labute approximate surface area is 148 Å². The van der Waals surface area contributed by atoms with Crippen LogP contribution < -0.4 is 14.3 Å². The van der Waals surface area contributed by atoms with Crippen LogP contribution in [0.2, 0.25) is 19.6 Å². The summed E-state index contributed by atoms with van der Waals surface area (Å²) in [5.41, 5.74) is 3.22. The highest BCUT2D eigenvalue weighted by molar-refractivity contribution is 6.70. The minimum atomic E-state index is -1.72. The molecule has 24 heavy (non-hydrogen) atoms. The van der Waals surface area contributed by atoms with E-state index in [1.807, 2.05) is 19.9 Å². The van der Waals surface area contributed by atoms with Gasteiger partial charge in [-0.3, -0.25) is 4.79 Å². The molecule has 0 aromatic heterocycles. The van der Waals surface area contributed by atoms with Gasteiger partial charge in [-0.25, -0.2) is 0 Å². The fourth-order valence-electron chi connectivity index (χ4n) is 2.51. The van der Waals surface area contributed by atoms with Crippen molar-refractivity contribution in [3.63, 3.8) is 0 Å². The quantitative estimate of drug-likeness (QED) is 0.608. The van der Waals surface area contributed by atoms with Crippen molar-refractivity contribution in [2.24, 2.45) is 0 Å². The summed E-state index contributed by atoms with van der Waals surface area (Å²) in [6.07, 6.45) is 0. The normalized spacial score (nSPS) is 11.3. The van der Waals surface area contributed by atoms with Gasteiger partial charge in [-0.2, -0.15) is 0 Å². The first kappa shape index (κ1) is 18.5. The van der Waals surface area contributed by atoms with Crippen LogP contribution in [-0.4, -0.2) is 31.5 Å². The molecule has 0 amide bonds. The maximum atomic E-state index is 12.9. The van der Waals surface area contributed by atoms with Crippen molar-refractivity contribution in [2.75, 3.05) is 7.11 Å². The lowest BCUT2D eigenvalue weighted by Gasteiger charge is -2.24. The predicted molar refractivity (Wildman–Crippen MR) is 102 cm³/mol. The number of ether oxygens (including phenoxy) is 1. The third kappa shape index (κ3) is 3.97. The molecule has 0 spiro atoms. The second-order valence-electron chi connectivity index (χ2n) is 6.84. The van der Waals surface area contributed by atoms with Crippen LogP contribution in [0.5, 0.6) is 11.5 Å². The van der Waals surface area contributed by atoms with Crippen molar-refractivity contribution in [1.82, 2.24) is 0 Å². The maximum Gasteiger partial charge on any atom is 0.242 e. The summed E-state index contributed by atoms with van der Waals surface area (Å²) < 4.78 is 11.3. The van der Waals surface area contributed by atoms with E-state index in [2.05, 4.69) is 29.9 Å². The van der Waals surface area contributed by atoms with Gasteiger partial charge in [-0.15, -0.1) is 0 Å². The molecule has 2 rings (SSSR count). The molecule has 0 saturated carbocycles. The van der Waals surface area contributed by atoms with Crippen LogP contribution in [0.25, 0.3) is 0 Å². The van der Waals surface area contributed by atoms with Gasteiger partial charge in [-0.05, 0) is 80.1 Å². The number of hydrogen-bond acceptors (Lipinski definition) is 3. The molecule has 0 aliphatic heterocycles. The molecule has 0 atom stereocenters. The van der Waals surface area contributed by atoms with E-state index in [0.717, 1.165) is 27.8 Å². The molecular weight excluding hydrogens is 332 g/mol. The summed E-state index contributed by atoms with van der Waals surface area (Å²) >= 11 is 0. The Kier molecular flexibility index (Phi) is 5.35. The number of aryl methyl sites for hydroxylation is 1. The standard InChI is InChI=1S/C19H23O3Si2/c1-12-11-16(17(20)14-7-9-15(21-3)10-8-14)19(23)13(2)18(12)22-24(4,5)6/h7-11H,1-6H3. The molecule has 125 valence electrons. The lowest BCUT2D eigenvalue weighted by Crippen LogP contribution is -2.31. The summed E-state index contributed by atoms with van der Waals surface area (Å²) in [6.45, 7) is 10.4. The van der Waals surface area contributed by atoms with Crippen molar-refractivity contribution in [1.29, 1.82) is 0 Å². The average Bonchev–Trinajstić information content (AvgIpc) is 2.53. The third-order valence-electron chi connectivity index (χ3n) is 3.71. The SMILES string of the molecule is COc1ccc(C(=O)c2cc(C)c(O[Si](C)(C)C)c(C)c2[Si])cc1. The van der Waals surface area contributed by atoms with Gasteiger partial charge in [0.05, 0.1) is 17.4 Å². The first-order valence-corrected chi connectivity index (χ1v) is 11.8. The lowest BCUT2D eigenvalue weighted by molar-refractivity contribution is 0.103. The van der Waals surface area contributed by atoms with Crippen LogP contribution in [0.1, 0.15) is 27.0 Å². The van der Waals surface area contributed by atoms with Crippen LogP contribution in [0.4, 0.5) is 0 Å². The van der Waals surface area contributed by atoms with E-state index >= 15 is 0 Å². The Hall–Kier alpha value is -1.86. The molecule has 2 aromatic carbocycles. The molecule has 3 radical (unpaired) electrons. The van der Waals surface area contributed by atoms with Crippen molar-refractivity contribution in [3.05, 3.63) is 52.6 Å². The summed E-state index contributed by atoms with van der Waals surface area (Å²) in [5.74, 6) is 1.59. The molecule has 0 saturated heterocycles. The maximum absolute atomic E-state index is 12.9. The van der Waals surface area contributed by atoms with E-state index in [4.69, 9.17) is 9.16 Å². The van der Waals surface area contributed by atoms with Crippen LogP contribution >= 0.6 is 0 Å².